The first kappa shape index (κ1) is 22.9. The van der Waals surface area contributed by atoms with Crippen LogP contribution in [0.1, 0.15) is 31.2 Å². The Bertz CT molecular complexity index is 1350. The fourth-order valence-electron chi connectivity index (χ4n) is 5.64. The summed E-state index contributed by atoms with van der Waals surface area (Å²) in [6.45, 7) is 16.9. The van der Waals surface area contributed by atoms with Gasteiger partial charge in [0.1, 0.15) is 6.33 Å². The molecule has 0 saturated carbocycles. The molecule has 33 heavy (non-hydrogen) atoms. The van der Waals surface area contributed by atoms with Crippen LogP contribution < -0.4 is 5.19 Å². The Labute approximate surface area is 204 Å². The fourth-order valence-corrected chi connectivity index (χ4v) is 19.2. The Morgan fingerprint density at radius 3 is 2.30 bits per heavy atom. The van der Waals surface area contributed by atoms with E-state index in [0.717, 1.165) is 11.2 Å². The number of aryl methyl sites for hydroxylation is 1. The number of fused-ring (bicyclic) bond motifs is 2. The molecule has 0 radical (unpaired) electrons. The van der Waals surface area contributed by atoms with Crippen LogP contribution in [0.3, 0.4) is 0 Å². The standard InChI is InChI=1S/C28H36N2SSi2/c1-19-24-26(31-27(19)28(2,3)4)25(30-18-29-24)21-16-20-10-8-9-11-22(20)23(17-21)33(7)14-12-32(5,6)13-15-33/h8-11,16-18H,12-15H2,1-7H3. The van der Waals surface area contributed by atoms with Crippen molar-refractivity contribution in [1.82, 2.24) is 9.97 Å². The molecule has 2 nitrogen and oxygen atoms in total. The molecule has 2 aromatic heterocycles. The summed E-state index contributed by atoms with van der Waals surface area (Å²) < 4.78 is 1.24. The lowest BCUT2D eigenvalue weighted by molar-refractivity contribution is 0.601. The second-order valence-electron chi connectivity index (χ2n) is 12.2. The van der Waals surface area contributed by atoms with Crippen LogP contribution in [0, 0.1) is 6.92 Å². The van der Waals surface area contributed by atoms with Gasteiger partial charge >= 0.3 is 0 Å². The zero-order valence-electron chi connectivity index (χ0n) is 21.2. The van der Waals surface area contributed by atoms with Crippen LogP contribution in [0.15, 0.2) is 42.7 Å². The average Bonchev–Trinajstić information content (AvgIpc) is 3.12. The molecular formula is C28H36N2SSi2. The van der Waals surface area contributed by atoms with E-state index in [1.807, 2.05) is 11.3 Å². The van der Waals surface area contributed by atoms with Crippen molar-refractivity contribution in [2.75, 3.05) is 0 Å². The minimum atomic E-state index is -1.54. The van der Waals surface area contributed by atoms with Gasteiger partial charge in [-0.3, -0.25) is 0 Å². The van der Waals surface area contributed by atoms with Crippen LogP contribution in [0.2, 0.25) is 43.8 Å². The van der Waals surface area contributed by atoms with Gasteiger partial charge in [0.15, 0.2) is 0 Å². The van der Waals surface area contributed by atoms with Gasteiger partial charge in [-0.1, -0.05) is 100 Å². The van der Waals surface area contributed by atoms with E-state index in [1.165, 1.54) is 55.7 Å². The van der Waals surface area contributed by atoms with Crippen molar-refractivity contribution < 1.29 is 0 Å². The lowest BCUT2D eigenvalue weighted by Gasteiger charge is -2.40. The SMILES string of the molecule is Cc1c(C(C)(C)C)sc2c(-c3cc([Si]4(C)CC[Si](C)(C)CC4)c4ccccc4c3)ncnc12. The number of hydrogen-bond acceptors (Lipinski definition) is 3. The summed E-state index contributed by atoms with van der Waals surface area (Å²) in [7, 11) is -2.54. The molecule has 5 rings (SSSR count). The Hall–Kier alpha value is -1.83. The van der Waals surface area contributed by atoms with Gasteiger partial charge in [0.05, 0.1) is 24.0 Å². The highest BCUT2D eigenvalue weighted by atomic mass is 32.1. The lowest BCUT2D eigenvalue weighted by atomic mass is 9.92. The molecule has 1 saturated heterocycles. The van der Waals surface area contributed by atoms with Crippen LogP contribution in [0.5, 0.6) is 0 Å². The number of aromatic nitrogens is 2. The summed E-state index contributed by atoms with van der Waals surface area (Å²) in [5.74, 6) is 0. The molecule has 0 bridgehead atoms. The highest BCUT2D eigenvalue weighted by Crippen LogP contribution is 2.42. The van der Waals surface area contributed by atoms with Crippen LogP contribution >= 0.6 is 11.3 Å². The van der Waals surface area contributed by atoms with Gasteiger partial charge in [-0.05, 0) is 34.7 Å². The molecular weight excluding hydrogens is 453 g/mol. The van der Waals surface area contributed by atoms with Gasteiger partial charge in [0.2, 0.25) is 0 Å². The van der Waals surface area contributed by atoms with E-state index in [2.05, 4.69) is 83.7 Å². The molecule has 172 valence electrons. The van der Waals surface area contributed by atoms with Crippen molar-refractivity contribution in [3.8, 4) is 11.3 Å². The normalized spacial score (nSPS) is 18.2. The van der Waals surface area contributed by atoms with Crippen molar-refractivity contribution in [3.63, 3.8) is 0 Å². The number of thiophene rings is 1. The third kappa shape index (κ3) is 4.02. The van der Waals surface area contributed by atoms with Crippen molar-refractivity contribution in [1.29, 1.82) is 0 Å². The third-order valence-corrected chi connectivity index (χ3v) is 18.2. The Balaban J connectivity index is 1.73. The summed E-state index contributed by atoms with van der Waals surface area (Å²) in [5.41, 5.74) is 4.93. The van der Waals surface area contributed by atoms with Crippen LogP contribution in [-0.4, -0.2) is 26.1 Å². The van der Waals surface area contributed by atoms with E-state index in [0.29, 0.717) is 0 Å². The predicted molar refractivity (Wildman–Crippen MR) is 152 cm³/mol. The first-order valence-electron chi connectivity index (χ1n) is 12.3. The summed E-state index contributed by atoms with van der Waals surface area (Å²) >= 11 is 1.89. The largest absolute Gasteiger partial charge is 0.235 e. The van der Waals surface area contributed by atoms with Gasteiger partial charge in [0, 0.05) is 18.5 Å². The molecule has 1 fully saturated rings. The minimum Gasteiger partial charge on any atom is -0.235 e. The van der Waals surface area contributed by atoms with Crippen molar-refractivity contribution >= 4 is 53.7 Å². The maximum absolute atomic E-state index is 4.87. The summed E-state index contributed by atoms with van der Waals surface area (Å²) in [5, 5.41) is 4.48. The zero-order valence-corrected chi connectivity index (χ0v) is 24.0. The number of nitrogens with zero attached hydrogens (tertiary/aromatic N) is 2. The molecule has 4 aromatic rings. The minimum absolute atomic E-state index is 0.112. The lowest BCUT2D eigenvalue weighted by Crippen LogP contribution is -2.51. The molecule has 5 heteroatoms. The molecule has 2 aromatic carbocycles. The van der Waals surface area contributed by atoms with Gasteiger partial charge in [0.25, 0.3) is 0 Å². The van der Waals surface area contributed by atoms with Crippen LogP contribution in [0.4, 0.5) is 0 Å². The quantitative estimate of drug-likeness (QED) is 0.266. The van der Waals surface area contributed by atoms with E-state index >= 15 is 0 Å². The van der Waals surface area contributed by atoms with Gasteiger partial charge in [-0.25, -0.2) is 9.97 Å². The van der Waals surface area contributed by atoms with Crippen molar-refractivity contribution in [2.45, 2.75) is 76.9 Å². The van der Waals surface area contributed by atoms with E-state index < -0.39 is 16.1 Å². The summed E-state index contributed by atoms with van der Waals surface area (Å²) in [4.78, 5) is 11.0. The highest BCUT2D eigenvalue weighted by molar-refractivity contribution is 7.20. The first-order valence-corrected chi connectivity index (χ1v) is 19.4. The Morgan fingerprint density at radius 1 is 0.909 bits per heavy atom. The van der Waals surface area contributed by atoms with E-state index in [1.54, 1.807) is 11.5 Å². The third-order valence-electron chi connectivity index (χ3n) is 7.88. The van der Waals surface area contributed by atoms with E-state index in [9.17, 15) is 0 Å². The second kappa shape index (κ2) is 7.86. The highest BCUT2D eigenvalue weighted by Gasteiger charge is 2.39. The molecule has 1 aliphatic heterocycles. The summed E-state index contributed by atoms with van der Waals surface area (Å²) in [6.07, 6.45) is 1.77. The Morgan fingerprint density at radius 2 is 1.61 bits per heavy atom. The van der Waals surface area contributed by atoms with Gasteiger partial charge in [-0.15, -0.1) is 11.3 Å². The molecule has 0 aliphatic carbocycles. The number of rotatable bonds is 2. The topological polar surface area (TPSA) is 25.8 Å². The van der Waals surface area contributed by atoms with Gasteiger partial charge < -0.3 is 0 Å². The molecule has 0 atom stereocenters. The van der Waals surface area contributed by atoms with Gasteiger partial charge in [-0.2, -0.15) is 0 Å². The maximum atomic E-state index is 4.87. The molecule has 0 unspecified atom stereocenters. The molecule has 1 aliphatic rings. The monoisotopic (exact) mass is 488 g/mol. The predicted octanol–water partition coefficient (Wildman–Crippen LogP) is 8.13. The molecule has 0 amide bonds. The molecule has 3 heterocycles. The molecule has 0 N–H and O–H groups in total. The van der Waals surface area contributed by atoms with Crippen molar-refractivity contribution in [3.05, 3.63) is 53.2 Å². The number of hydrogen-bond donors (Lipinski definition) is 0. The maximum Gasteiger partial charge on any atom is 0.116 e. The zero-order chi connectivity index (χ0) is 23.6. The van der Waals surface area contributed by atoms with Crippen LogP contribution in [-0.2, 0) is 5.41 Å². The average molecular weight is 489 g/mol. The number of benzene rings is 2. The van der Waals surface area contributed by atoms with Crippen molar-refractivity contribution in [2.24, 2.45) is 0 Å². The fraction of sp³-hybridized carbons (Fsp3) is 0.429. The summed E-state index contributed by atoms with van der Waals surface area (Å²) in [6, 6.07) is 19.8. The van der Waals surface area contributed by atoms with E-state index in [-0.39, 0.29) is 5.41 Å². The Kier molecular flexibility index (Phi) is 5.46. The first-order chi connectivity index (χ1) is 15.5. The van der Waals surface area contributed by atoms with Crippen LogP contribution in [0.25, 0.3) is 32.2 Å². The van der Waals surface area contributed by atoms with E-state index in [4.69, 9.17) is 9.97 Å². The second-order valence-corrected chi connectivity index (χ2v) is 23.2. The smallest absolute Gasteiger partial charge is 0.116 e. The molecule has 0 spiro atoms.